The molecule has 0 saturated carbocycles. The predicted octanol–water partition coefficient (Wildman–Crippen LogP) is 3.92. The molecule has 3 N–H and O–H groups in total. The molecule has 11 nitrogen and oxygen atoms in total. The van der Waals surface area contributed by atoms with Crippen LogP contribution in [-0.2, 0) is 35.1 Å². The lowest BCUT2D eigenvalue weighted by Gasteiger charge is -2.35. The molecule has 1 saturated heterocycles. The molecule has 3 aromatic carbocycles. The first-order valence-electron chi connectivity index (χ1n) is 13.4. The third-order valence-electron chi connectivity index (χ3n) is 7.21. The summed E-state index contributed by atoms with van der Waals surface area (Å²) in [5.41, 5.74) is 1.73. The van der Waals surface area contributed by atoms with Crippen LogP contribution in [0.1, 0.15) is 30.4 Å². The number of amides is 1. The second kappa shape index (κ2) is 13.4. The van der Waals surface area contributed by atoms with Crippen molar-refractivity contribution in [2.45, 2.75) is 43.6 Å². The number of carbonyl (C=O) groups is 4. The van der Waals surface area contributed by atoms with E-state index in [4.69, 9.17) is 14.2 Å². The Labute approximate surface area is 246 Å². The molecule has 1 heterocycles. The summed E-state index contributed by atoms with van der Waals surface area (Å²) in [5, 5.41) is 28.4. The van der Waals surface area contributed by atoms with Gasteiger partial charge in [0.2, 0.25) is 0 Å². The van der Waals surface area contributed by atoms with E-state index >= 15 is 0 Å². The molecular formula is C31H30FNO10. The molecule has 4 rings (SSSR count). The average molecular weight is 596 g/mol. The molecule has 43 heavy (non-hydrogen) atoms. The Kier molecular flexibility index (Phi) is 9.73. The topological polar surface area (TPSA) is 160 Å². The molecule has 12 heteroatoms. The van der Waals surface area contributed by atoms with Crippen molar-refractivity contribution in [1.82, 2.24) is 4.90 Å². The van der Waals surface area contributed by atoms with E-state index in [2.05, 4.69) is 0 Å². The Morgan fingerprint density at radius 3 is 2.16 bits per heavy atom. The maximum Gasteiger partial charge on any atom is 0.377 e. The Hall–Kier alpha value is -4.81. The van der Waals surface area contributed by atoms with Crippen LogP contribution in [0.3, 0.4) is 0 Å². The second-order valence-electron chi connectivity index (χ2n) is 9.98. The molecule has 1 fully saturated rings. The highest BCUT2D eigenvalue weighted by Gasteiger charge is 2.58. The van der Waals surface area contributed by atoms with Crippen LogP contribution in [0.2, 0.25) is 0 Å². The normalized spacial score (nSPS) is 17.0. The number of rotatable bonds is 13. The van der Waals surface area contributed by atoms with E-state index < -0.39 is 66.6 Å². The van der Waals surface area contributed by atoms with Gasteiger partial charge in [0, 0.05) is 12.0 Å². The van der Waals surface area contributed by atoms with Crippen LogP contribution >= 0.6 is 0 Å². The summed E-state index contributed by atoms with van der Waals surface area (Å²) in [4.78, 5) is 49.7. The van der Waals surface area contributed by atoms with Crippen molar-refractivity contribution in [3.8, 4) is 11.5 Å². The van der Waals surface area contributed by atoms with Gasteiger partial charge in [-0.05, 0) is 55.2 Å². The summed E-state index contributed by atoms with van der Waals surface area (Å²) in [6.07, 6.45) is -0.624. The smallest absolute Gasteiger partial charge is 0.377 e. The zero-order chi connectivity index (χ0) is 31.1. The summed E-state index contributed by atoms with van der Waals surface area (Å²) in [7, 11) is 0. The Morgan fingerprint density at radius 2 is 1.58 bits per heavy atom. The molecule has 0 spiro atoms. The number of carboxylic acid groups (broad SMARTS) is 3. The van der Waals surface area contributed by atoms with Crippen molar-refractivity contribution < 1.29 is 53.1 Å². The molecule has 0 radical (unpaired) electrons. The first-order chi connectivity index (χ1) is 20.5. The highest BCUT2D eigenvalue weighted by Crippen LogP contribution is 2.33. The minimum Gasteiger partial charge on any atom is -0.480 e. The third kappa shape index (κ3) is 7.16. The van der Waals surface area contributed by atoms with Gasteiger partial charge in [0.1, 0.15) is 12.3 Å². The Balaban J connectivity index is 1.62. The average Bonchev–Trinajstić information content (AvgIpc) is 3.46. The van der Waals surface area contributed by atoms with Crippen molar-refractivity contribution in [3.05, 3.63) is 95.8 Å². The maximum atomic E-state index is 14.1. The van der Waals surface area contributed by atoms with E-state index in [1.807, 2.05) is 30.3 Å². The SMILES string of the molecule is CC(C(CCc1ccccc1)c1ccc(Oc2ccccc2F)cc1)N(CC(=O)O)C(=O)C1COC(C(=O)O)(C(=O)O)O1. The largest absolute Gasteiger partial charge is 0.480 e. The van der Waals surface area contributed by atoms with Gasteiger partial charge in [-0.3, -0.25) is 9.59 Å². The van der Waals surface area contributed by atoms with E-state index in [-0.39, 0.29) is 5.75 Å². The third-order valence-corrected chi connectivity index (χ3v) is 7.21. The number of nitrogens with zero attached hydrogens (tertiary/aromatic N) is 1. The summed E-state index contributed by atoms with van der Waals surface area (Å²) in [6.45, 7) is 0.193. The van der Waals surface area contributed by atoms with Crippen LogP contribution in [0.4, 0.5) is 4.39 Å². The fourth-order valence-corrected chi connectivity index (χ4v) is 4.96. The first kappa shape index (κ1) is 31.1. The van der Waals surface area contributed by atoms with Gasteiger partial charge < -0.3 is 34.4 Å². The molecule has 1 amide bonds. The van der Waals surface area contributed by atoms with Crippen LogP contribution < -0.4 is 4.74 Å². The number of carbonyl (C=O) groups excluding carboxylic acids is 1. The van der Waals surface area contributed by atoms with Gasteiger partial charge in [0.25, 0.3) is 5.91 Å². The molecule has 3 atom stereocenters. The predicted molar refractivity (Wildman–Crippen MR) is 148 cm³/mol. The number of ether oxygens (including phenoxy) is 3. The van der Waals surface area contributed by atoms with Gasteiger partial charge in [-0.25, -0.2) is 14.0 Å². The molecular weight excluding hydrogens is 565 g/mol. The number of hydrogen-bond donors (Lipinski definition) is 3. The molecule has 1 aliphatic heterocycles. The lowest BCUT2D eigenvalue weighted by Crippen LogP contribution is -2.52. The highest BCUT2D eigenvalue weighted by molar-refractivity contribution is 6.01. The quantitative estimate of drug-likeness (QED) is 0.247. The van der Waals surface area contributed by atoms with Crippen molar-refractivity contribution in [2.75, 3.05) is 13.2 Å². The summed E-state index contributed by atoms with van der Waals surface area (Å²) in [6, 6.07) is 21.4. The molecule has 1 aliphatic rings. The van der Waals surface area contributed by atoms with Gasteiger partial charge in [-0.15, -0.1) is 0 Å². The molecule has 0 bridgehead atoms. The van der Waals surface area contributed by atoms with E-state index in [1.54, 1.807) is 43.3 Å². The van der Waals surface area contributed by atoms with Crippen LogP contribution in [-0.4, -0.2) is 75.1 Å². The standard InChI is InChI=1S/C31H30FNO10/c1-19(33(17-27(34)35)28(36)26-18-41-31(43-26,29(37)38)30(39)40)23(16-11-20-7-3-2-4-8-20)21-12-14-22(15-13-21)42-25-10-6-5-9-24(25)32/h2-10,12-15,19,23,26H,11,16-18H2,1H3,(H,34,35)(H,37,38)(H,39,40). The number of benzene rings is 3. The Morgan fingerprint density at radius 1 is 0.953 bits per heavy atom. The molecule has 3 aromatic rings. The van der Waals surface area contributed by atoms with E-state index in [9.17, 15) is 38.9 Å². The fourth-order valence-electron chi connectivity index (χ4n) is 4.96. The van der Waals surface area contributed by atoms with Crippen LogP contribution in [0.5, 0.6) is 11.5 Å². The number of hydrogen-bond acceptors (Lipinski definition) is 7. The fraction of sp³-hybridized carbons (Fsp3) is 0.290. The van der Waals surface area contributed by atoms with Gasteiger partial charge in [0.05, 0.1) is 6.61 Å². The van der Waals surface area contributed by atoms with Crippen LogP contribution in [0.25, 0.3) is 0 Å². The van der Waals surface area contributed by atoms with Crippen LogP contribution in [0.15, 0.2) is 78.9 Å². The summed E-state index contributed by atoms with van der Waals surface area (Å²) < 4.78 is 29.7. The monoisotopic (exact) mass is 595 g/mol. The van der Waals surface area contributed by atoms with Crippen molar-refractivity contribution in [2.24, 2.45) is 0 Å². The molecule has 3 unspecified atom stereocenters. The zero-order valence-electron chi connectivity index (χ0n) is 23.1. The first-order valence-corrected chi connectivity index (χ1v) is 13.4. The number of halogens is 1. The maximum absolute atomic E-state index is 14.1. The van der Waals surface area contributed by atoms with Gasteiger partial charge >= 0.3 is 23.7 Å². The number of aryl methyl sites for hydroxylation is 1. The highest BCUT2D eigenvalue weighted by atomic mass is 19.1. The lowest BCUT2D eigenvalue weighted by atomic mass is 9.85. The van der Waals surface area contributed by atoms with E-state index in [1.165, 1.54) is 12.1 Å². The number of para-hydroxylation sites is 1. The second-order valence-corrected chi connectivity index (χ2v) is 9.98. The lowest BCUT2D eigenvalue weighted by molar-refractivity contribution is -0.218. The van der Waals surface area contributed by atoms with Crippen molar-refractivity contribution >= 4 is 23.8 Å². The van der Waals surface area contributed by atoms with Gasteiger partial charge in [-0.1, -0.05) is 54.6 Å². The Bertz CT molecular complexity index is 1450. The zero-order valence-corrected chi connectivity index (χ0v) is 23.1. The molecule has 226 valence electrons. The van der Waals surface area contributed by atoms with Gasteiger partial charge in [0.15, 0.2) is 17.7 Å². The van der Waals surface area contributed by atoms with Crippen molar-refractivity contribution in [1.29, 1.82) is 0 Å². The molecule has 0 aliphatic carbocycles. The van der Waals surface area contributed by atoms with E-state index in [0.29, 0.717) is 18.6 Å². The molecule has 0 aromatic heterocycles. The number of aliphatic carboxylic acids is 3. The minimum absolute atomic E-state index is 0.0417. The summed E-state index contributed by atoms with van der Waals surface area (Å²) >= 11 is 0. The number of carboxylic acids is 3. The van der Waals surface area contributed by atoms with E-state index in [0.717, 1.165) is 16.0 Å². The minimum atomic E-state index is -3.08. The van der Waals surface area contributed by atoms with Crippen molar-refractivity contribution in [3.63, 3.8) is 0 Å². The van der Waals surface area contributed by atoms with Gasteiger partial charge in [-0.2, -0.15) is 0 Å². The summed E-state index contributed by atoms with van der Waals surface area (Å²) in [5.74, 6) is -9.83. The van der Waals surface area contributed by atoms with Crippen LogP contribution in [0, 0.1) is 5.82 Å².